The van der Waals surface area contributed by atoms with Crippen molar-refractivity contribution in [3.8, 4) is 17.1 Å². The Kier molecular flexibility index (Phi) is 7.06. The van der Waals surface area contributed by atoms with Crippen LogP contribution in [-0.2, 0) is 17.3 Å². The molecular weight excluding hydrogens is 442 g/mol. The van der Waals surface area contributed by atoms with E-state index in [1.54, 1.807) is 6.92 Å². The van der Waals surface area contributed by atoms with E-state index < -0.39 is 10.2 Å². The SMILES string of the molecule is COc1ccc([N+](=O)[O-])cc1NC(=O)[C@H](C)Sc1nnc(-c2ccc(C(C)(C)C)cc2)n1C. The number of rotatable bonds is 7. The summed E-state index contributed by atoms with van der Waals surface area (Å²) in [6.07, 6.45) is 0. The highest BCUT2D eigenvalue weighted by Gasteiger charge is 2.22. The third-order valence-electron chi connectivity index (χ3n) is 5.15. The molecule has 1 aromatic heterocycles. The molecular formula is C23H27N5O4S. The first kappa shape index (κ1) is 24.2. The molecule has 9 nitrogen and oxygen atoms in total. The Balaban J connectivity index is 1.74. The van der Waals surface area contributed by atoms with Crippen LogP contribution in [0.2, 0.25) is 0 Å². The molecule has 10 heteroatoms. The number of benzene rings is 2. The fraction of sp³-hybridized carbons (Fsp3) is 0.348. The molecule has 0 fully saturated rings. The minimum absolute atomic E-state index is 0.0596. The molecule has 2 aromatic carbocycles. The summed E-state index contributed by atoms with van der Waals surface area (Å²) >= 11 is 1.25. The summed E-state index contributed by atoms with van der Waals surface area (Å²) in [6.45, 7) is 8.22. The lowest BCUT2D eigenvalue weighted by Gasteiger charge is -2.19. The number of nitro benzene ring substituents is 1. The molecule has 33 heavy (non-hydrogen) atoms. The predicted molar refractivity (Wildman–Crippen MR) is 129 cm³/mol. The van der Waals surface area contributed by atoms with Gasteiger partial charge in [0.25, 0.3) is 5.69 Å². The standard InChI is InChI=1S/C23H27N5O4S/c1-14(21(29)24-18-13-17(28(30)31)11-12-19(18)32-6)33-22-26-25-20(27(22)5)15-7-9-16(10-8-15)23(2,3)4/h7-14H,1-6H3,(H,24,29)/t14-/m0/s1. The molecule has 1 heterocycles. The lowest BCUT2D eigenvalue weighted by Crippen LogP contribution is -2.23. The molecule has 0 aliphatic rings. The predicted octanol–water partition coefficient (Wildman–Crippen LogP) is 4.82. The number of carbonyl (C=O) groups is 1. The summed E-state index contributed by atoms with van der Waals surface area (Å²) in [5.74, 6) is 0.703. The number of anilines is 1. The normalized spacial score (nSPS) is 12.3. The van der Waals surface area contributed by atoms with E-state index in [4.69, 9.17) is 4.74 Å². The summed E-state index contributed by atoms with van der Waals surface area (Å²) in [5, 5.41) is 22.4. The van der Waals surface area contributed by atoms with Crippen LogP contribution in [0.5, 0.6) is 5.75 Å². The van der Waals surface area contributed by atoms with E-state index in [-0.39, 0.29) is 22.7 Å². The number of thioether (sulfide) groups is 1. The van der Waals surface area contributed by atoms with Gasteiger partial charge in [-0.3, -0.25) is 14.9 Å². The molecule has 0 unspecified atom stereocenters. The van der Waals surface area contributed by atoms with E-state index >= 15 is 0 Å². The van der Waals surface area contributed by atoms with Gasteiger partial charge in [0, 0.05) is 24.7 Å². The second-order valence-corrected chi connectivity index (χ2v) is 9.89. The Morgan fingerprint density at radius 1 is 1.18 bits per heavy atom. The van der Waals surface area contributed by atoms with Crippen LogP contribution in [0.25, 0.3) is 11.4 Å². The van der Waals surface area contributed by atoms with Crippen LogP contribution in [0.3, 0.4) is 0 Å². The maximum atomic E-state index is 12.8. The van der Waals surface area contributed by atoms with Gasteiger partial charge < -0.3 is 14.6 Å². The molecule has 0 aliphatic carbocycles. The third-order valence-corrected chi connectivity index (χ3v) is 6.28. The Morgan fingerprint density at radius 3 is 2.42 bits per heavy atom. The van der Waals surface area contributed by atoms with Crippen LogP contribution in [0.4, 0.5) is 11.4 Å². The number of carbonyl (C=O) groups excluding carboxylic acids is 1. The van der Waals surface area contributed by atoms with Crippen molar-refractivity contribution in [2.75, 3.05) is 12.4 Å². The van der Waals surface area contributed by atoms with Crippen LogP contribution in [0.1, 0.15) is 33.3 Å². The fourth-order valence-electron chi connectivity index (χ4n) is 3.14. The minimum atomic E-state index is -0.534. The number of hydrogen-bond acceptors (Lipinski definition) is 7. The van der Waals surface area contributed by atoms with Crippen molar-refractivity contribution in [3.63, 3.8) is 0 Å². The molecule has 3 rings (SSSR count). The van der Waals surface area contributed by atoms with Crippen LogP contribution in [-0.4, -0.2) is 38.0 Å². The van der Waals surface area contributed by atoms with Gasteiger partial charge in [-0.2, -0.15) is 0 Å². The minimum Gasteiger partial charge on any atom is -0.495 e. The van der Waals surface area contributed by atoms with Crippen LogP contribution in [0, 0.1) is 10.1 Å². The molecule has 1 atom stereocenters. The molecule has 0 aliphatic heterocycles. The van der Waals surface area contributed by atoms with Gasteiger partial charge in [-0.1, -0.05) is 56.8 Å². The lowest BCUT2D eigenvalue weighted by atomic mass is 9.87. The molecule has 0 bridgehead atoms. The molecule has 1 N–H and O–H groups in total. The maximum Gasteiger partial charge on any atom is 0.271 e. The van der Waals surface area contributed by atoms with Crippen molar-refractivity contribution in [1.82, 2.24) is 14.8 Å². The number of nitrogens with one attached hydrogen (secondary N) is 1. The smallest absolute Gasteiger partial charge is 0.271 e. The molecule has 0 saturated heterocycles. The van der Waals surface area contributed by atoms with Crippen LogP contribution < -0.4 is 10.1 Å². The number of hydrogen-bond donors (Lipinski definition) is 1. The zero-order valence-corrected chi connectivity index (χ0v) is 20.3. The Hall–Kier alpha value is -3.40. The lowest BCUT2D eigenvalue weighted by molar-refractivity contribution is -0.384. The Morgan fingerprint density at radius 2 is 1.85 bits per heavy atom. The third kappa shape index (κ3) is 5.51. The van der Waals surface area contributed by atoms with Gasteiger partial charge in [0.2, 0.25) is 5.91 Å². The number of ether oxygens (including phenoxy) is 1. The largest absolute Gasteiger partial charge is 0.495 e. The number of aromatic nitrogens is 3. The number of nitrogens with zero attached hydrogens (tertiary/aromatic N) is 4. The van der Waals surface area contributed by atoms with Crippen molar-refractivity contribution in [2.45, 2.75) is 43.5 Å². The number of amides is 1. The molecule has 3 aromatic rings. The zero-order chi connectivity index (χ0) is 24.3. The van der Waals surface area contributed by atoms with E-state index in [1.165, 1.54) is 42.6 Å². The monoisotopic (exact) mass is 469 g/mol. The van der Waals surface area contributed by atoms with Gasteiger partial charge >= 0.3 is 0 Å². The maximum absolute atomic E-state index is 12.8. The molecule has 174 valence electrons. The number of nitro groups is 1. The Labute approximate surface area is 196 Å². The summed E-state index contributed by atoms with van der Waals surface area (Å²) in [6, 6.07) is 12.2. The van der Waals surface area contributed by atoms with Gasteiger partial charge in [0.15, 0.2) is 11.0 Å². The zero-order valence-electron chi connectivity index (χ0n) is 19.4. The van der Waals surface area contributed by atoms with E-state index in [1.807, 2.05) is 23.7 Å². The molecule has 0 spiro atoms. The highest BCUT2D eigenvalue weighted by atomic mass is 32.2. The second-order valence-electron chi connectivity index (χ2n) is 8.58. The first-order valence-corrected chi connectivity index (χ1v) is 11.2. The molecule has 1 amide bonds. The number of non-ortho nitro benzene ring substituents is 1. The van der Waals surface area contributed by atoms with Gasteiger partial charge in [-0.25, -0.2) is 0 Å². The van der Waals surface area contributed by atoms with Gasteiger partial charge in [-0.05, 0) is 24.0 Å². The van der Waals surface area contributed by atoms with Crippen molar-refractivity contribution < 1.29 is 14.5 Å². The van der Waals surface area contributed by atoms with Gasteiger partial charge in [-0.15, -0.1) is 10.2 Å². The van der Waals surface area contributed by atoms with E-state index in [9.17, 15) is 14.9 Å². The van der Waals surface area contributed by atoms with Gasteiger partial charge in [0.05, 0.1) is 23.0 Å². The average Bonchev–Trinajstić information content (AvgIpc) is 3.13. The average molecular weight is 470 g/mol. The first-order valence-electron chi connectivity index (χ1n) is 10.3. The fourth-order valence-corrected chi connectivity index (χ4v) is 3.96. The van der Waals surface area contributed by atoms with E-state index in [0.717, 1.165) is 5.56 Å². The molecule has 0 saturated carbocycles. The first-order chi connectivity index (χ1) is 15.5. The quantitative estimate of drug-likeness (QED) is 0.300. The van der Waals surface area contributed by atoms with Crippen molar-refractivity contribution in [2.24, 2.45) is 7.05 Å². The van der Waals surface area contributed by atoms with Crippen molar-refractivity contribution in [3.05, 3.63) is 58.1 Å². The number of methoxy groups -OCH3 is 1. The second kappa shape index (κ2) is 9.62. The van der Waals surface area contributed by atoms with Crippen LogP contribution >= 0.6 is 11.8 Å². The van der Waals surface area contributed by atoms with E-state index in [2.05, 4.69) is 48.4 Å². The van der Waals surface area contributed by atoms with Crippen LogP contribution in [0.15, 0.2) is 47.6 Å². The molecule has 0 radical (unpaired) electrons. The summed E-state index contributed by atoms with van der Waals surface area (Å²) in [4.78, 5) is 23.3. The topological polar surface area (TPSA) is 112 Å². The van der Waals surface area contributed by atoms with E-state index in [0.29, 0.717) is 16.7 Å². The van der Waals surface area contributed by atoms with Gasteiger partial charge in [0.1, 0.15) is 5.75 Å². The highest BCUT2D eigenvalue weighted by molar-refractivity contribution is 8.00. The Bertz CT molecular complexity index is 1170. The highest BCUT2D eigenvalue weighted by Crippen LogP contribution is 2.31. The van der Waals surface area contributed by atoms with Crippen molar-refractivity contribution in [1.29, 1.82) is 0 Å². The summed E-state index contributed by atoms with van der Waals surface area (Å²) in [5.41, 5.74) is 2.32. The summed E-state index contributed by atoms with van der Waals surface area (Å²) < 4.78 is 7.05. The van der Waals surface area contributed by atoms with Crippen molar-refractivity contribution >= 4 is 29.0 Å². The summed E-state index contributed by atoms with van der Waals surface area (Å²) in [7, 11) is 3.29.